The summed E-state index contributed by atoms with van der Waals surface area (Å²) in [7, 11) is 9.83. The lowest BCUT2D eigenvalue weighted by molar-refractivity contribution is -0.159. The summed E-state index contributed by atoms with van der Waals surface area (Å²) in [4.78, 5) is 191. The van der Waals surface area contributed by atoms with E-state index in [1.165, 1.54) is 75.0 Å². The van der Waals surface area contributed by atoms with Crippen LogP contribution in [0.25, 0.3) is 0 Å². The van der Waals surface area contributed by atoms with Crippen molar-refractivity contribution in [3.63, 3.8) is 0 Å². The summed E-state index contributed by atoms with van der Waals surface area (Å²) in [6, 6.07) is 0.647. The molecule has 6 fully saturated rings. The van der Waals surface area contributed by atoms with Gasteiger partial charge in [0.25, 0.3) is 0 Å². The molecule has 9 atom stereocenters. The Morgan fingerprint density at radius 2 is 1.24 bits per heavy atom. The number of morpholine rings is 1. The highest BCUT2D eigenvalue weighted by atomic mass is 35.5. The highest BCUT2D eigenvalue weighted by Gasteiger charge is 2.52. The summed E-state index contributed by atoms with van der Waals surface area (Å²) in [5, 5.41) is 8.11. The zero-order chi connectivity index (χ0) is 75.5. The maximum atomic E-state index is 15.9. The van der Waals surface area contributed by atoms with Gasteiger partial charge in [-0.05, 0) is 119 Å². The van der Waals surface area contributed by atoms with Crippen LogP contribution in [0.4, 0.5) is 13.2 Å². The van der Waals surface area contributed by atoms with Crippen LogP contribution in [0.15, 0.2) is 42.5 Å². The van der Waals surface area contributed by atoms with Crippen molar-refractivity contribution in [2.45, 2.75) is 222 Å². The molecule has 4 aliphatic heterocycles. The number of carbonyl (C=O) groups is 12. The van der Waals surface area contributed by atoms with Crippen molar-refractivity contribution in [3.8, 4) is 0 Å². The van der Waals surface area contributed by atoms with E-state index in [2.05, 4.69) is 16.0 Å². The van der Waals surface area contributed by atoms with Gasteiger partial charge in [0.05, 0.1) is 61.9 Å². The van der Waals surface area contributed by atoms with Crippen molar-refractivity contribution >= 4 is 82.5 Å². The molecule has 8 rings (SSSR count). The average Bonchev–Trinajstić information content (AvgIpc) is 1.74. The molecule has 3 N–H and O–H groups in total. The Bertz CT molecular complexity index is 3430. The molecule has 4 heterocycles. The van der Waals surface area contributed by atoms with Crippen molar-refractivity contribution in [2.75, 3.05) is 88.7 Å². The van der Waals surface area contributed by atoms with Gasteiger partial charge in [-0.15, -0.1) is 0 Å². The van der Waals surface area contributed by atoms with Crippen molar-refractivity contribution in [1.29, 1.82) is 0 Å². The minimum atomic E-state index is -4.77. The second kappa shape index (κ2) is 35.3. The maximum Gasteiger partial charge on any atom is 0.417 e. The number of hydrogen-bond donors (Lipinski definition) is 3. The smallest absolute Gasteiger partial charge is 0.377 e. The predicted octanol–water partition coefficient (Wildman–Crippen LogP) is 5.14. The van der Waals surface area contributed by atoms with Gasteiger partial charge in [-0.1, -0.05) is 107 Å². The first kappa shape index (κ1) is 80.8. The fourth-order valence-corrected chi connectivity index (χ4v) is 16.1. The Morgan fingerprint density at radius 3 is 1.85 bits per heavy atom. The highest BCUT2D eigenvalue weighted by Crippen LogP contribution is 2.39. The molecule has 4 saturated heterocycles. The Balaban J connectivity index is 1.18. The number of ether oxygens (including phenoxy) is 1. The van der Waals surface area contributed by atoms with E-state index in [0.717, 1.165) is 56.6 Å². The molecule has 12 amide bonds. The first-order valence-corrected chi connectivity index (χ1v) is 36.9. The summed E-state index contributed by atoms with van der Waals surface area (Å²) in [5.41, 5.74) is -0.839. The summed E-state index contributed by atoms with van der Waals surface area (Å²) >= 11 is 6.16. The first-order chi connectivity index (χ1) is 48.7. The lowest BCUT2D eigenvalue weighted by atomic mass is 9.81. The van der Waals surface area contributed by atoms with Gasteiger partial charge in [0.1, 0.15) is 47.8 Å². The van der Waals surface area contributed by atoms with Gasteiger partial charge in [-0.25, -0.2) is 0 Å². The topological polar surface area (TPSA) is 279 Å². The largest absolute Gasteiger partial charge is 0.417 e. The maximum absolute atomic E-state index is 15.9. The van der Waals surface area contributed by atoms with Gasteiger partial charge >= 0.3 is 6.18 Å². The molecule has 0 aromatic heterocycles. The molecule has 29 heteroatoms. The summed E-state index contributed by atoms with van der Waals surface area (Å²) in [6.07, 6.45) is 1.33. The van der Waals surface area contributed by atoms with Gasteiger partial charge in [0.2, 0.25) is 70.9 Å². The fourth-order valence-electron chi connectivity index (χ4n) is 15.8. The van der Waals surface area contributed by atoms with E-state index in [4.69, 9.17) is 16.3 Å². The third-order valence-corrected chi connectivity index (χ3v) is 22.2. The number of carbonyl (C=O) groups excluding carboxylic acids is 12. The molecule has 2 unspecified atom stereocenters. The number of benzene rings is 2. The first-order valence-electron chi connectivity index (χ1n) is 36.5. The summed E-state index contributed by atoms with van der Waals surface area (Å²) < 4.78 is 47.6. The van der Waals surface area contributed by atoms with Gasteiger partial charge in [0, 0.05) is 62.3 Å². The van der Waals surface area contributed by atoms with Crippen molar-refractivity contribution < 1.29 is 75.4 Å². The second-order valence-corrected chi connectivity index (χ2v) is 30.3. The van der Waals surface area contributed by atoms with Crippen LogP contribution in [0.3, 0.4) is 0 Å². The number of alkyl halides is 3. The number of hydrogen-bond acceptors (Lipinski definition) is 13. The minimum absolute atomic E-state index is 0.0191. The molecule has 0 radical (unpaired) electrons. The van der Waals surface area contributed by atoms with Crippen LogP contribution in [-0.2, 0) is 81.3 Å². The zero-order valence-corrected chi connectivity index (χ0v) is 62.4. The van der Waals surface area contributed by atoms with E-state index >= 15 is 28.8 Å². The Labute approximate surface area is 607 Å². The van der Waals surface area contributed by atoms with E-state index in [1.807, 2.05) is 39.8 Å². The average molecular weight is 1460 g/mol. The van der Waals surface area contributed by atoms with E-state index in [0.29, 0.717) is 56.9 Å². The molecular formula is C74H106ClF3N12O13. The van der Waals surface area contributed by atoms with Gasteiger partial charge < -0.3 is 64.8 Å². The van der Waals surface area contributed by atoms with Crippen LogP contribution in [-0.4, -0.2) is 264 Å². The molecule has 2 aromatic carbocycles. The number of halogens is 4. The standard InChI is InChI=1S/C74H106ClF3N12O13/c1-12-19-56-65(95)80-55(36-45(2)3)67(97)84(7)41-62(93)82(5)42-63(94)86(9)58(38-48-25-23-46(4)24-26-48)69(99)83(6)40-60(91)79-54(32-28-47-27-31-52(53(75)37-47)74(76,77)78)68(98)89-35-18-22-57(89)66(96)81-73(33-16-17-34-73)72(102)88(11)64(49-20-14-13-15-21-49)71(101)87(10)59(39-61(92)85(56)8)70(100)90-50-29-30-51(90)44-103-43-50/h23-27,31,37,45,49-51,54-59,64H,12-22,28-30,32-36,38-44H2,1-11H3,(H,79,91)(H,80,95)(H,81,96)/t50?,51?,54-,55-,56-,57-,58-,59-,64-/m0/s1. The fraction of sp³-hybridized carbons (Fsp3) is 0.676. The zero-order valence-electron chi connectivity index (χ0n) is 61.6. The molecule has 1 spiro atoms. The van der Waals surface area contributed by atoms with Gasteiger partial charge in [-0.2, -0.15) is 13.2 Å². The molecule has 2 aliphatic carbocycles. The number of nitrogens with zero attached hydrogens (tertiary/aromatic N) is 9. The molecular weight excluding hydrogens is 1360 g/mol. The monoisotopic (exact) mass is 1460 g/mol. The van der Waals surface area contributed by atoms with Gasteiger partial charge in [0.15, 0.2) is 0 Å². The molecule has 2 saturated carbocycles. The number of nitrogens with one attached hydrogen (secondary N) is 3. The predicted molar refractivity (Wildman–Crippen MR) is 377 cm³/mol. The highest BCUT2D eigenvalue weighted by molar-refractivity contribution is 6.31. The van der Waals surface area contributed by atoms with Gasteiger partial charge in [-0.3, -0.25) is 57.5 Å². The van der Waals surface area contributed by atoms with Crippen LogP contribution in [0.2, 0.25) is 5.02 Å². The number of aryl methyl sites for hydroxylation is 2. The van der Waals surface area contributed by atoms with E-state index in [9.17, 15) is 41.9 Å². The van der Waals surface area contributed by atoms with Crippen molar-refractivity contribution in [3.05, 3.63) is 69.7 Å². The quantitative estimate of drug-likeness (QED) is 0.263. The Kier molecular flexibility index (Phi) is 27.7. The number of amides is 12. The number of likely N-dealkylation sites (N-methyl/N-ethyl adjacent to an activating group) is 7. The van der Waals surface area contributed by atoms with Crippen LogP contribution in [0.5, 0.6) is 0 Å². The number of fused-ring (bicyclic) bond motifs is 3. The molecule has 103 heavy (non-hydrogen) atoms. The van der Waals surface area contributed by atoms with Crippen LogP contribution >= 0.6 is 11.6 Å². The van der Waals surface area contributed by atoms with Crippen molar-refractivity contribution in [1.82, 2.24) is 60.0 Å². The Hall–Kier alpha value is -7.88. The third-order valence-electron chi connectivity index (χ3n) is 21.9. The second-order valence-electron chi connectivity index (χ2n) is 29.9. The molecule has 568 valence electrons. The van der Waals surface area contributed by atoms with Crippen LogP contribution in [0, 0.1) is 18.8 Å². The SMILES string of the molecule is CCC[C@H]1C(=O)N[C@@H](CC(C)C)C(=O)N(C)CC(=O)N(C)CC(=O)N(C)[C@@H](Cc2ccc(C)cc2)C(=O)N(C)CC(=O)N[C@@H](CCc2ccc(C(F)(F)F)c(Cl)c2)C(=O)N2CCC[C@H]2C(=O)NC2(CCCC2)C(=O)N(C)[C@@H](C2CCCCC2)C(=O)N(C)[C@H](C(=O)N2C3CCC2COC3)CC(=O)N1C. The van der Waals surface area contributed by atoms with Crippen LogP contribution in [0.1, 0.15) is 159 Å². The minimum Gasteiger partial charge on any atom is -0.377 e. The van der Waals surface area contributed by atoms with Crippen LogP contribution < -0.4 is 16.0 Å². The van der Waals surface area contributed by atoms with Crippen molar-refractivity contribution in [2.24, 2.45) is 11.8 Å². The molecule has 6 aliphatic rings. The lowest BCUT2D eigenvalue weighted by Gasteiger charge is -2.44. The number of rotatable bonds is 11. The summed E-state index contributed by atoms with van der Waals surface area (Å²) in [5.74, 6) is -8.64. The third kappa shape index (κ3) is 19.6. The normalized spacial score (nSPS) is 26.9. The van der Waals surface area contributed by atoms with E-state index < -0.39 is 167 Å². The molecule has 2 bridgehead atoms. The molecule has 25 nitrogen and oxygen atoms in total. The molecule has 2 aromatic rings. The van der Waals surface area contributed by atoms with E-state index in [1.54, 1.807) is 17.0 Å². The Morgan fingerprint density at radius 1 is 0.631 bits per heavy atom. The van der Waals surface area contributed by atoms with E-state index in [-0.39, 0.29) is 94.7 Å². The summed E-state index contributed by atoms with van der Waals surface area (Å²) in [6.45, 7) is 6.08. The lowest BCUT2D eigenvalue weighted by Crippen LogP contribution is -2.65.